The van der Waals surface area contributed by atoms with Crippen molar-refractivity contribution in [2.75, 3.05) is 11.9 Å². The highest BCUT2D eigenvalue weighted by atomic mass is 127. The minimum Gasteiger partial charge on any atom is -0.484 e. The van der Waals surface area contributed by atoms with Crippen LogP contribution in [-0.4, -0.2) is 17.5 Å². The third kappa shape index (κ3) is 4.45. The Morgan fingerprint density at radius 1 is 1.30 bits per heavy atom. The van der Waals surface area contributed by atoms with E-state index >= 15 is 0 Å². The van der Waals surface area contributed by atoms with E-state index in [2.05, 4.69) is 48.8 Å². The number of carbonyl (C=O) groups is 1. The fourth-order valence-electron chi connectivity index (χ4n) is 1.47. The van der Waals surface area contributed by atoms with Gasteiger partial charge in [0.2, 0.25) is 0 Å². The molecule has 104 valence electrons. The Morgan fingerprint density at radius 3 is 2.65 bits per heavy atom. The van der Waals surface area contributed by atoms with Crippen molar-refractivity contribution in [3.63, 3.8) is 0 Å². The van der Waals surface area contributed by atoms with Crippen molar-refractivity contribution >= 4 is 50.2 Å². The number of halogens is 2. The Balaban J connectivity index is 1.89. The number of ether oxygens (including phenoxy) is 1. The summed E-state index contributed by atoms with van der Waals surface area (Å²) >= 11 is 5.54. The Morgan fingerprint density at radius 2 is 2.00 bits per heavy atom. The smallest absolute Gasteiger partial charge is 0.263 e. The van der Waals surface area contributed by atoms with E-state index in [9.17, 15) is 4.79 Å². The lowest BCUT2D eigenvalue weighted by Gasteiger charge is -2.08. The summed E-state index contributed by atoms with van der Waals surface area (Å²) in [5.41, 5.74) is 0.886. The maximum atomic E-state index is 11.8. The molecule has 0 bridgehead atoms. The van der Waals surface area contributed by atoms with Gasteiger partial charge in [-0.2, -0.15) is 0 Å². The van der Waals surface area contributed by atoms with Crippen molar-refractivity contribution in [2.45, 2.75) is 6.92 Å². The first kappa shape index (κ1) is 15.2. The topological polar surface area (TPSA) is 51.2 Å². The van der Waals surface area contributed by atoms with Gasteiger partial charge in [-0.3, -0.25) is 4.79 Å². The number of amides is 1. The quantitative estimate of drug-likeness (QED) is 0.727. The highest BCUT2D eigenvalue weighted by molar-refractivity contribution is 14.1. The molecule has 0 saturated carbocycles. The zero-order valence-electron chi connectivity index (χ0n) is 10.7. The van der Waals surface area contributed by atoms with E-state index in [1.807, 2.05) is 25.1 Å². The van der Waals surface area contributed by atoms with Gasteiger partial charge in [-0.05, 0) is 65.9 Å². The van der Waals surface area contributed by atoms with Crippen molar-refractivity contribution in [1.82, 2.24) is 4.98 Å². The number of hydrogen-bond donors (Lipinski definition) is 1. The molecule has 0 spiro atoms. The molecule has 0 fully saturated rings. The number of pyridine rings is 1. The Labute approximate surface area is 139 Å². The van der Waals surface area contributed by atoms with Gasteiger partial charge in [0.15, 0.2) is 6.61 Å². The zero-order chi connectivity index (χ0) is 14.5. The van der Waals surface area contributed by atoms with E-state index in [0.717, 1.165) is 13.7 Å². The highest BCUT2D eigenvalue weighted by Gasteiger charge is 2.06. The molecule has 1 aromatic heterocycles. The summed E-state index contributed by atoms with van der Waals surface area (Å²) < 4.78 is 7.41. The molecule has 6 heteroatoms. The van der Waals surface area contributed by atoms with E-state index in [-0.39, 0.29) is 12.5 Å². The second-order valence-electron chi connectivity index (χ2n) is 4.05. The van der Waals surface area contributed by atoms with Gasteiger partial charge < -0.3 is 10.1 Å². The number of hydrogen-bond acceptors (Lipinski definition) is 3. The van der Waals surface area contributed by atoms with Crippen LogP contribution in [-0.2, 0) is 4.79 Å². The van der Waals surface area contributed by atoms with Gasteiger partial charge in [-0.1, -0.05) is 15.9 Å². The lowest BCUT2D eigenvalue weighted by Crippen LogP contribution is -2.20. The summed E-state index contributed by atoms with van der Waals surface area (Å²) in [6.45, 7) is 1.85. The average molecular weight is 447 g/mol. The zero-order valence-corrected chi connectivity index (χ0v) is 14.4. The van der Waals surface area contributed by atoms with Crippen LogP contribution in [0.4, 0.5) is 5.82 Å². The molecule has 2 aromatic rings. The minimum absolute atomic E-state index is 0.0473. The first-order valence-corrected chi connectivity index (χ1v) is 7.73. The average Bonchev–Trinajstić information content (AvgIpc) is 2.42. The minimum atomic E-state index is -0.235. The van der Waals surface area contributed by atoms with E-state index in [0.29, 0.717) is 11.6 Å². The van der Waals surface area contributed by atoms with Gasteiger partial charge in [-0.25, -0.2) is 4.98 Å². The molecule has 0 aliphatic rings. The summed E-state index contributed by atoms with van der Waals surface area (Å²) in [6.07, 6.45) is 0. The number of benzene rings is 1. The largest absolute Gasteiger partial charge is 0.484 e. The fraction of sp³-hybridized carbons (Fsp3) is 0.143. The number of nitrogens with one attached hydrogen (secondary N) is 1. The summed E-state index contributed by atoms with van der Waals surface area (Å²) in [5, 5.41) is 2.70. The van der Waals surface area contributed by atoms with E-state index < -0.39 is 0 Å². The third-order valence-corrected chi connectivity index (χ3v) is 4.14. The lowest BCUT2D eigenvalue weighted by atomic mass is 10.3. The molecule has 2 rings (SSSR count). The molecule has 0 saturated heterocycles. The summed E-state index contributed by atoms with van der Waals surface area (Å²) in [7, 11) is 0. The first-order chi connectivity index (χ1) is 9.54. The molecular formula is C14H12BrIN2O2. The molecule has 0 aliphatic heterocycles. The highest BCUT2D eigenvalue weighted by Crippen LogP contribution is 2.16. The van der Waals surface area contributed by atoms with E-state index in [1.165, 1.54) is 0 Å². The van der Waals surface area contributed by atoms with Gasteiger partial charge in [0, 0.05) is 8.04 Å². The third-order valence-electron chi connectivity index (χ3n) is 2.47. The van der Waals surface area contributed by atoms with Crippen LogP contribution in [0.25, 0.3) is 0 Å². The fourth-order valence-corrected chi connectivity index (χ4v) is 2.04. The Kier molecular flexibility index (Phi) is 5.36. The molecule has 0 radical (unpaired) electrons. The molecule has 1 amide bonds. The Bertz CT molecular complexity index is 617. The van der Waals surface area contributed by atoms with Gasteiger partial charge in [0.05, 0.1) is 5.69 Å². The van der Waals surface area contributed by atoms with Crippen LogP contribution < -0.4 is 10.1 Å². The lowest BCUT2D eigenvalue weighted by molar-refractivity contribution is -0.118. The molecule has 1 aromatic carbocycles. The van der Waals surface area contributed by atoms with Crippen LogP contribution in [0.2, 0.25) is 0 Å². The van der Waals surface area contributed by atoms with Gasteiger partial charge >= 0.3 is 0 Å². The number of rotatable bonds is 4. The number of aryl methyl sites for hydroxylation is 1. The Hall–Kier alpha value is -1.15. The van der Waals surface area contributed by atoms with Crippen molar-refractivity contribution in [3.8, 4) is 5.75 Å². The van der Waals surface area contributed by atoms with Crippen LogP contribution in [0.15, 0.2) is 40.9 Å². The standard InChI is InChI=1S/C14H12BrIN2O2/c1-9-12(16)6-7-13(17-9)18-14(19)8-20-11-4-2-10(15)3-5-11/h2-7H,8H2,1H3,(H,17,18,19). The van der Waals surface area contributed by atoms with E-state index in [1.54, 1.807) is 18.2 Å². The molecule has 4 nitrogen and oxygen atoms in total. The first-order valence-electron chi connectivity index (χ1n) is 5.86. The van der Waals surface area contributed by atoms with Crippen LogP contribution in [0.3, 0.4) is 0 Å². The van der Waals surface area contributed by atoms with Crippen molar-refractivity contribution in [2.24, 2.45) is 0 Å². The van der Waals surface area contributed by atoms with Gasteiger partial charge in [0.25, 0.3) is 5.91 Å². The number of anilines is 1. The summed E-state index contributed by atoms with van der Waals surface area (Å²) in [5.74, 6) is 0.948. The van der Waals surface area contributed by atoms with E-state index in [4.69, 9.17) is 4.74 Å². The van der Waals surface area contributed by atoms with Gasteiger partial charge in [-0.15, -0.1) is 0 Å². The van der Waals surface area contributed by atoms with Crippen LogP contribution in [0.5, 0.6) is 5.75 Å². The van der Waals surface area contributed by atoms with Crippen LogP contribution in [0, 0.1) is 10.5 Å². The maximum Gasteiger partial charge on any atom is 0.263 e. The summed E-state index contributed by atoms with van der Waals surface area (Å²) in [4.78, 5) is 16.0. The molecule has 0 atom stereocenters. The molecule has 0 aliphatic carbocycles. The monoisotopic (exact) mass is 446 g/mol. The van der Waals surface area contributed by atoms with Crippen molar-refractivity contribution in [1.29, 1.82) is 0 Å². The normalized spacial score (nSPS) is 10.2. The second kappa shape index (κ2) is 7.03. The van der Waals surface area contributed by atoms with Crippen LogP contribution in [0.1, 0.15) is 5.69 Å². The van der Waals surface area contributed by atoms with Crippen molar-refractivity contribution in [3.05, 3.63) is 50.1 Å². The predicted molar refractivity (Wildman–Crippen MR) is 90.0 cm³/mol. The van der Waals surface area contributed by atoms with Crippen LogP contribution >= 0.6 is 38.5 Å². The number of aromatic nitrogens is 1. The molecule has 1 N–H and O–H groups in total. The SMILES string of the molecule is Cc1nc(NC(=O)COc2ccc(Br)cc2)ccc1I. The maximum absolute atomic E-state index is 11.8. The molecule has 20 heavy (non-hydrogen) atoms. The molecule has 0 unspecified atom stereocenters. The predicted octanol–water partition coefficient (Wildman–Crippen LogP) is 3.77. The second-order valence-corrected chi connectivity index (χ2v) is 6.13. The van der Waals surface area contributed by atoms with Gasteiger partial charge in [0.1, 0.15) is 11.6 Å². The number of nitrogens with zero attached hydrogens (tertiary/aromatic N) is 1. The molecular weight excluding hydrogens is 435 g/mol. The molecule has 1 heterocycles. The van der Waals surface area contributed by atoms with Crippen molar-refractivity contribution < 1.29 is 9.53 Å². The summed E-state index contributed by atoms with van der Waals surface area (Å²) in [6, 6.07) is 11.0. The number of carbonyl (C=O) groups excluding carboxylic acids is 1.